The van der Waals surface area contributed by atoms with Gasteiger partial charge in [0.05, 0.1) is 20.8 Å². The maximum Gasteiger partial charge on any atom is 0.203 e. The van der Waals surface area contributed by atoms with Crippen molar-refractivity contribution in [2.75, 3.05) is 20.8 Å². The minimum absolute atomic E-state index is 0.00788. The zero-order valence-corrected chi connectivity index (χ0v) is 20.1. The lowest BCUT2D eigenvalue weighted by atomic mass is 9.92. The van der Waals surface area contributed by atoms with Crippen molar-refractivity contribution in [3.8, 4) is 51.7 Å². The van der Waals surface area contributed by atoms with Crippen molar-refractivity contribution in [1.29, 1.82) is 0 Å². The van der Waals surface area contributed by atoms with E-state index >= 15 is 0 Å². The molecular formula is C26H24O12. The number of hydrogen-bond donors (Lipinski definition) is 6. The quantitative estimate of drug-likeness (QED) is 0.284. The number of rotatable bonds is 5. The van der Waals surface area contributed by atoms with Crippen LogP contribution in [0.15, 0.2) is 36.4 Å². The molecule has 12 nitrogen and oxygen atoms in total. The number of ether oxygens (including phenoxy) is 5. The Labute approximate surface area is 215 Å². The van der Waals surface area contributed by atoms with Crippen LogP contribution in [0.3, 0.4) is 0 Å². The van der Waals surface area contributed by atoms with Crippen molar-refractivity contribution in [3.63, 3.8) is 0 Å². The number of fused-ring (bicyclic) bond motifs is 2. The molecule has 0 spiro atoms. The Morgan fingerprint density at radius 2 is 1.42 bits per heavy atom. The summed E-state index contributed by atoms with van der Waals surface area (Å²) in [5, 5.41) is 61.5. The molecular weight excluding hydrogens is 504 g/mol. The Bertz CT molecular complexity index is 1390. The van der Waals surface area contributed by atoms with E-state index in [4.69, 9.17) is 23.7 Å². The second-order valence-corrected chi connectivity index (χ2v) is 8.70. The van der Waals surface area contributed by atoms with Crippen molar-refractivity contribution in [3.05, 3.63) is 53.1 Å². The van der Waals surface area contributed by atoms with E-state index in [1.54, 1.807) is 0 Å². The molecule has 0 radical (unpaired) electrons. The van der Waals surface area contributed by atoms with Crippen LogP contribution in [0.4, 0.5) is 0 Å². The van der Waals surface area contributed by atoms with Crippen LogP contribution < -0.4 is 23.7 Å². The van der Waals surface area contributed by atoms with Crippen LogP contribution in [0, 0.1) is 0 Å². The normalized spacial score (nSPS) is 21.8. The van der Waals surface area contributed by atoms with Crippen LogP contribution >= 0.6 is 0 Å². The number of aromatic hydroxyl groups is 4. The van der Waals surface area contributed by atoms with E-state index in [0.717, 1.165) is 12.1 Å². The van der Waals surface area contributed by atoms with Gasteiger partial charge in [0, 0.05) is 23.3 Å². The molecule has 0 aliphatic carbocycles. The monoisotopic (exact) mass is 528 g/mol. The first kappa shape index (κ1) is 25.1. The summed E-state index contributed by atoms with van der Waals surface area (Å²) >= 11 is 0. The lowest BCUT2D eigenvalue weighted by Crippen LogP contribution is -2.37. The molecule has 0 aromatic heterocycles. The molecule has 0 saturated carbocycles. The van der Waals surface area contributed by atoms with Gasteiger partial charge >= 0.3 is 0 Å². The standard InChI is InChI=1S/C26H24O12/c1-34-16-4-11(5-17(35-2)21(16)31)24-19(9-27)38-26-14(30)3-10(6-18(26)37-24)25-23(33)22(32)20-13(29)7-12(28)8-15(20)36-25/h3-8,19,23-25,27-31,33H,9H2,1-2H3. The van der Waals surface area contributed by atoms with Gasteiger partial charge in [-0.15, -0.1) is 0 Å². The molecule has 200 valence electrons. The van der Waals surface area contributed by atoms with Gasteiger partial charge in [0.1, 0.15) is 22.8 Å². The maximum absolute atomic E-state index is 12.8. The fourth-order valence-corrected chi connectivity index (χ4v) is 4.56. The molecule has 0 bridgehead atoms. The highest BCUT2D eigenvalue weighted by atomic mass is 16.6. The minimum Gasteiger partial charge on any atom is -0.508 e. The van der Waals surface area contributed by atoms with E-state index in [1.807, 2.05) is 0 Å². The van der Waals surface area contributed by atoms with E-state index in [9.17, 15) is 35.4 Å². The van der Waals surface area contributed by atoms with Crippen molar-refractivity contribution >= 4 is 5.78 Å². The molecule has 4 atom stereocenters. The van der Waals surface area contributed by atoms with Gasteiger partial charge < -0.3 is 54.3 Å². The van der Waals surface area contributed by atoms with Gasteiger partial charge in [0.15, 0.2) is 47.4 Å². The Morgan fingerprint density at radius 3 is 2.05 bits per heavy atom. The largest absolute Gasteiger partial charge is 0.508 e. The van der Waals surface area contributed by atoms with Gasteiger partial charge in [-0.05, 0) is 24.3 Å². The third kappa shape index (κ3) is 3.99. The summed E-state index contributed by atoms with van der Waals surface area (Å²) in [6.07, 6.45) is -5.03. The summed E-state index contributed by atoms with van der Waals surface area (Å²) in [6.45, 7) is -0.500. The number of benzene rings is 3. The van der Waals surface area contributed by atoms with Crippen LogP contribution in [0.25, 0.3) is 0 Å². The topological polar surface area (TPSA) is 185 Å². The molecule has 0 fully saturated rings. The number of Topliss-reactive ketones (excluding diaryl/α,β-unsaturated/α-hetero) is 1. The summed E-state index contributed by atoms with van der Waals surface area (Å²) in [6, 6.07) is 7.63. The zero-order valence-electron chi connectivity index (χ0n) is 20.1. The van der Waals surface area contributed by atoms with Gasteiger partial charge in [0.25, 0.3) is 0 Å². The van der Waals surface area contributed by atoms with E-state index in [1.165, 1.54) is 38.5 Å². The number of aliphatic hydroxyl groups is 2. The van der Waals surface area contributed by atoms with Crippen molar-refractivity contribution < 1.29 is 59.1 Å². The third-order valence-electron chi connectivity index (χ3n) is 6.38. The van der Waals surface area contributed by atoms with E-state index in [0.29, 0.717) is 5.56 Å². The molecule has 4 unspecified atom stereocenters. The predicted molar refractivity (Wildman–Crippen MR) is 128 cm³/mol. The van der Waals surface area contributed by atoms with Gasteiger partial charge in [-0.2, -0.15) is 0 Å². The Hall–Kier alpha value is -4.55. The predicted octanol–water partition coefficient (Wildman–Crippen LogP) is 2.08. The molecule has 6 N–H and O–H groups in total. The summed E-state index contributed by atoms with van der Waals surface area (Å²) in [5.41, 5.74) is 0.255. The summed E-state index contributed by atoms with van der Waals surface area (Å²) in [5.74, 6) is -2.46. The van der Waals surface area contributed by atoms with E-state index in [2.05, 4.69) is 0 Å². The lowest BCUT2D eigenvalue weighted by molar-refractivity contribution is -0.0149. The average molecular weight is 528 g/mol. The molecule has 3 aromatic carbocycles. The third-order valence-corrected chi connectivity index (χ3v) is 6.38. The number of phenolic OH excluding ortho intramolecular Hbond substituents is 4. The molecule has 3 aromatic rings. The van der Waals surface area contributed by atoms with Gasteiger partial charge in [-0.1, -0.05) is 0 Å². The van der Waals surface area contributed by atoms with Crippen LogP contribution in [0.5, 0.6) is 51.7 Å². The second-order valence-electron chi connectivity index (χ2n) is 8.70. The van der Waals surface area contributed by atoms with Crippen LogP contribution in [0.2, 0.25) is 0 Å². The first-order valence-corrected chi connectivity index (χ1v) is 11.4. The molecule has 2 aliphatic rings. The number of hydrogen-bond acceptors (Lipinski definition) is 12. The number of carbonyl (C=O) groups excluding carboxylic acids is 1. The van der Waals surface area contributed by atoms with Crippen molar-refractivity contribution in [2.45, 2.75) is 24.4 Å². The van der Waals surface area contributed by atoms with Crippen molar-refractivity contribution in [2.24, 2.45) is 0 Å². The maximum atomic E-state index is 12.8. The molecule has 2 heterocycles. The van der Waals surface area contributed by atoms with E-state index in [-0.39, 0.29) is 51.4 Å². The Balaban J connectivity index is 1.55. The first-order valence-electron chi connectivity index (χ1n) is 11.4. The number of aliphatic hydroxyl groups excluding tert-OH is 2. The summed E-state index contributed by atoms with van der Waals surface area (Å²) < 4.78 is 28.1. The van der Waals surface area contributed by atoms with Crippen LogP contribution in [-0.4, -0.2) is 69.5 Å². The second kappa shape index (κ2) is 9.39. The van der Waals surface area contributed by atoms with Crippen LogP contribution in [0.1, 0.15) is 33.7 Å². The van der Waals surface area contributed by atoms with Gasteiger partial charge in [0.2, 0.25) is 17.3 Å². The smallest absolute Gasteiger partial charge is 0.203 e. The number of carbonyl (C=O) groups is 1. The molecule has 0 saturated heterocycles. The zero-order chi connectivity index (χ0) is 27.3. The van der Waals surface area contributed by atoms with Gasteiger partial charge in [-0.25, -0.2) is 0 Å². The molecule has 12 heteroatoms. The lowest BCUT2D eigenvalue weighted by Gasteiger charge is -2.35. The number of methoxy groups -OCH3 is 2. The molecule has 2 aliphatic heterocycles. The van der Waals surface area contributed by atoms with Crippen LogP contribution in [-0.2, 0) is 0 Å². The highest BCUT2D eigenvalue weighted by Crippen LogP contribution is 2.50. The fourth-order valence-electron chi connectivity index (χ4n) is 4.56. The molecule has 38 heavy (non-hydrogen) atoms. The highest BCUT2D eigenvalue weighted by molar-refractivity contribution is 6.05. The van der Waals surface area contributed by atoms with Gasteiger partial charge in [-0.3, -0.25) is 4.79 Å². The highest BCUT2D eigenvalue weighted by Gasteiger charge is 2.41. The molecule has 5 rings (SSSR count). The molecule has 0 amide bonds. The Morgan fingerprint density at radius 1 is 0.789 bits per heavy atom. The number of phenols is 4. The SMILES string of the molecule is COc1cc(C2Oc3cc(C4Oc5cc(O)cc(O)c5C(=O)C4O)cc(O)c3OC2CO)cc(OC)c1O. The number of ketones is 1. The van der Waals surface area contributed by atoms with E-state index < -0.39 is 48.3 Å². The first-order chi connectivity index (χ1) is 18.2. The fraction of sp³-hybridized carbons (Fsp3) is 0.269. The Kier molecular flexibility index (Phi) is 6.21. The summed E-state index contributed by atoms with van der Waals surface area (Å²) in [4.78, 5) is 12.8. The van der Waals surface area contributed by atoms with Crippen molar-refractivity contribution in [1.82, 2.24) is 0 Å². The summed E-state index contributed by atoms with van der Waals surface area (Å²) in [7, 11) is 2.71. The minimum atomic E-state index is -1.76. The average Bonchev–Trinajstić information content (AvgIpc) is 2.89.